The number of benzene rings is 3. The van der Waals surface area contributed by atoms with E-state index in [1.165, 1.54) is 25.5 Å². The molecule has 9 nitrogen and oxygen atoms in total. The van der Waals surface area contributed by atoms with Crippen LogP contribution in [0.25, 0.3) is 11.5 Å². The van der Waals surface area contributed by atoms with Crippen LogP contribution in [-0.4, -0.2) is 40.7 Å². The Morgan fingerprint density at radius 2 is 1.87 bits per heavy atom. The summed E-state index contributed by atoms with van der Waals surface area (Å²) >= 11 is 5.93. The predicted molar refractivity (Wildman–Crippen MR) is 139 cm³/mol. The van der Waals surface area contributed by atoms with Crippen LogP contribution < -0.4 is 14.2 Å². The van der Waals surface area contributed by atoms with Crippen LogP contribution in [0, 0.1) is 5.82 Å². The highest BCUT2D eigenvalue weighted by Crippen LogP contribution is 2.28. The largest absolute Gasteiger partial charge is 0.494 e. The van der Waals surface area contributed by atoms with Gasteiger partial charge < -0.3 is 23.7 Å². The molecule has 0 saturated heterocycles. The van der Waals surface area contributed by atoms with Gasteiger partial charge in [0.2, 0.25) is 5.89 Å². The van der Waals surface area contributed by atoms with Gasteiger partial charge in [-0.1, -0.05) is 23.7 Å². The van der Waals surface area contributed by atoms with Crippen molar-refractivity contribution in [2.24, 2.45) is 0 Å². The van der Waals surface area contributed by atoms with Crippen LogP contribution in [0.2, 0.25) is 5.02 Å². The number of carbonyl (C=O) groups is 2. The van der Waals surface area contributed by atoms with E-state index in [4.69, 9.17) is 30.2 Å². The molecule has 1 N–H and O–H groups in total. The lowest BCUT2D eigenvalue weighted by atomic mass is 10.1. The summed E-state index contributed by atoms with van der Waals surface area (Å²) in [4.78, 5) is 29.9. The second-order valence-corrected chi connectivity index (χ2v) is 8.81. The SMILES string of the molecule is COc1cc(OC(=O)N(CC(=O)O)[C@@H](C)c2cccc(OCc3coc(-c4ccc(Cl)cc4)n3)c2)ccc1F. The molecule has 0 unspecified atom stereocenters. The van der Waals surface area contributed by atoms with E-state index < -0.39 is 30.5 Å². The second-order valence-electron chi connectivity index (χ2n) is 8.37. The maximum Gasteiger partial charge on any atom is 0.416 e. The van der Waals surface area contributed by atoms with Gasteiger partial charge in [0.05, 0.1) is 13.2 Å². The summed E-state index contributed by atoms with van der Waals surface area (Å²) in [5, 5.41) is 10.0. The predicted octanol–water partition coefficient (Wildman–Crippen LogP) is 6.37. The summed E-state index contributed by atoms with van der Waals surface area (Å²) in [7, 11) is 1.28. The Kier molecular flexibility index (Phi) is 8.67. The van der Waals surface area contributed by atoms with E-state index in [9.17, 15) is 19.1 Å². The highest BCUT2D eigenvalue weighted by molar-refractivity contribution is 6.30. The number of aromatic nitrogens is 1. The van der Waals surface area contributed by atoms with Crippen molar-refractivity contribution < 1.29 is 37.7 Å². The van der Waals surface area contributed by atoms with Gasteiger partial charge in [0, 0.05) is 16.7 Å². The van der Waals surface area contributed by atoms with Crippen molar-refractivity contribution in [3.05, 3.63) is 95.1 Å². The van der Waals surface area contributed by atoms with Gasteiger partial charge in [-0.15, -0.1) is 0 Å². The molecule has 11 heteroatoms. The van der Waals surface area contributed by atoms with Gasteiger partial charge in [0.25, 0.3) is 0 Å². The number of oxazole rings is 1. The molecule has 202 valence electrons. The van der Waals surface area contributed by atoms with Crippen molar-refractivity contribution >= 4 is 23.7 Å². The minimum absolute atomic E-state index is 0.00324. The Balaban J connectivity index is 1.45. The maximum absolute atomic E-state index is 13.7. The lowest BCUT2D eigenvalue weighted by Gasteiger charge is -2.27. The average molecular weight is 555 g/mol. The molecule has 1 amide bonds. The smallest absolute Gasteiger partial charge is 0.416 e. The Bertz CT molecular complexity index is 1460. The van der Waals surface area contributed by atoms with Crippen molar-refractivity contribution in [2.45, 2.75) is 19.6 Å². The topological polar surface area (TPSA) is 111 Å². The number of carbonyl (C=O) groups excluding carboxylic acids is 1. The third-order valence-electron chi connectivity index (χ3n) is 5.71. The number of aliphatic carboxylic acids is 1. The Morgan fingerprint density at radius 3 is 2.59 bits per heavy atom. The molecule has 0 aliphatic carbocycles. The zero-order valence-electron chi connectivity index (χ0n) is 21.0. The molecule has 39 heavy (non-hydrogen) atoms. The minimum Gasteiger partial charge on any atom is -0.494 e. The van der Waals surface area contributed by atoms with Gasteiger partial charge in [-0.25, -0.2) is 14.2 Å². The third kappa shape index (κ3) is 7.05. The number of amides is 1. The summed E-state index contributed by atoms with van der Waals surface area (Å²) in [5.74, 6) is -1.07. The first kappa shape index (κ1) is 27.5. The van der Waals surface area contributed by atoms with Gasteiger partial charge in [0.15, 0.2) is 11.6 Å². The van der Waals surface area contributed by atoms with Gasteiger partial charge in [-0.05, 0) is 61.0 Å². The average Bonchev–Trinajstić information content (AvgIpc) is 3.40. The van der Waals surface area contributed by atoms with Crippen LogP contribution >= 0.6 is 11.6 Å². The first-order chi connectivity index (χ1) is 18.7. The van der Waals surface area contributed by atoms with E-state index in [2.05, 4.69) is 4.98 Å². The maximum atomic E-state index is 13.7. The van der Waals surface area contributed by atoms with E-state index in [0.29, 0.717) is 27.9 Å². The van der Waals surface area contributed by atoms with Crippen molar-refractivity contribution in [3.63, 3.8) is 0 Å². The molecule has 1 aromatic heterocycles. The second kappa shape index (κ2) is 12.3. The van der Waals surface area contributed by atoms with Crippen molar-refractivity contribution in [3.8, 4) is 28.7 Å². The summed E-state index contributed by atoms with van der Waals surface area (Å²) < 4.78 is 35.3. The molecule has 0 aliphatic rings. The number of hydrogen-bond donors (Lipinski definition) is 1. The molecule has 0 bridgehead atoms. The standard InChI is InChI=1S/C28H24ClFN2O7/c1-17(32(14-26(33)34)28(35)39-23-10-11-24(30)25(13-23)36-2)19-4-3-5-22(12-19)37-15-21-16-38-27(31-21)18-6-8-20(29)9-7-18/h3-13,16-17H,14-15H2,1-2H3,(H,33,34)/t17-/m0/s1. The lowest BCUT2D eigenvalue weighted by Crippen LogP contribution is -2.39. The lowest BCUT2D eigenvalue weighted by molar-refractivity contribution is -0.138. The van der Waals surface area contributed by atoms with Crippen LogP contribution in [0.4, 0.5) is 9.18 Å². The number of ether oxygens (including phenoxy) is 3. The van der Waals surface area contributed by atoms with E-state index >= 15 is 0 Å². The van der Waals surface area contributed by atoms with Crippen molar-refractivity contribution in [2.75, 3.05) is 13.7 Å². The van der Waals surface area contributed by atoms with Gasteiger partial charge >= 0.3 is 12.1 Å². The molecule has 0 radical (unpaired) electrons. The summed E-state index contributed by atoms with van der Waals surface area (Å²) in [6.45, 7) is 1.14. The Morgan fingerprint density at radius 1 is 1.10 bits per heavy atom. The fourth-order valence-electron chi connectivity index (χ4n) is 3.67. The molecular weight excluding hydrogens is 531 g/mol. The number of carboxylic acid groups (broad SMARTS) is 1. The fraction of sp³-hybridized carbons (Fsp3) is 0.179. The highest BCUT2D eigenvalue weighted by atomic mass is 35.5. The molecule has 1 atom stereocenters. The number of methoxy groups -OCH3 is 1. The quantitative estimate of drug-likeness (QED) is 0.241. The number of halogens is 2. The third-order valence-corrected chi connectivity index (χ3v) is 5.96. The highest BCUT2D eigenvalue weighted by Gasteiger charge is 2.26. The number of hydrogen-bond acceptors (Lipinski definition) is 7. The molecule has 3 aromatic carbocycles. The van der Waals surface area contributed by atoms with Crippen LogP contribution in [-0.2, 0) is 11.4 Å². The minimum atomic E-state index is -1.23. The van der Waals surface area contributed by atoms with Crippen LogP contribution in [0.1, 0.15) is 24.2 Å². The molecule has 0 spiro atoms. The normalized spacial score (nSPS) is 11.5. The zero-order chi connectivity index (χ0) is 27.9. The van der Waals surface area contributed by atoms with Crippen LogP contribution in [0.3, 0.4) is 0 Å². The molecule has 0 saturated carbocycles. The van der Waals surface area contributed by atoms with E-state index in [1.807, 2.05) is 0 Å². The zero-order valence-corrected chi connectivity index (χ0v) is 21.7. The molecule has 4 aromatic rings. The van der Waals surface area contributed by atoms with Gasteiger partial charge in [-0.2, -0.15) is 0 Å². The van der Waals surface area contributed by atoms with E-state index in [-0.39, 0.29) is 18.1 Å². The monoisotopic (exact) mass is 554 g/mol. The van der Waals surface area contributed by atoms with E-state index in [1.54, 1.807) is 55.5 Å². The van der Waals surface area contributed by atoms with Crippen molar-refractivity contribution in [1.29, 1.82) is 0 Å². The molecule has 1 heterocycles. The summed E-state index contributed by atoms with van der Waals surface area (Å²) in [6, 6.07) is 16.8. The molecule has 0 fully saturated rings. The Hall–Kier alpha value is -4.57. The van der Waals surface area contributed by atoms with E-state index in [0.717, 1.165) is 16.5 Å². The summed E-state index contributed by atoms with van der Waals surface area (Å²) in [5.41, 5.74) is 1.93. The van der Waals surface area contributed by atoms with Crippen LogP contribution in [0.5, 0.6) is 17.2 Å². The number of nitrogens with zero attached hydrogens (tertiary/aromatic N) is 2. The first-order valence-electron chi connectivity index (χ1n) is 11.7. The number of carboxylic acids is 1. The fourth-order valence-corrected chi connectivity index (χ4v) is 3.79. The van der Waals surface area contributed by atoms with Crippen LogP contribution in [0.15, 0.2) is 77.4 Å². The Labute approximate surface area is 228 Å². The number of rotatable bonds is 10. The molecule has 0 aliphatic heterocycles. The molecular formula is C28H24ClFN2O7. The first-order valence-corrected chi connectivity index (χ1v) is 12.1. The molecule has 4 rings (SSSR count). The van der Waals surface area contributed by atoms with Crippen molar-refractivity contribution in [1.82, 2.24) is 9.88 Å². The summed E-state index contributed by atoms with van der Waals surface area (Å²) in [6.07, 6.45) is 0.563. The van der Waals surface area contributed by atoms with Gasteiger partial charge in [0.1, 0.15) is 36.6 Å². The van der Waals surface area contributed by atoms with Gasteiger partial charge in [-0.3, -0.25) is 9.69 Å².